The molecule has 0 fully saturated rings. The van der Waals surface area contributed by atoms with Crippen LogP contribution in [0.3, 0.4) is 0 Å². The van der Waals surface area contributed by atoms with Crippen molar-refractivity contribution in [3.05, 3.63) is 22.4 Å². The average Bonchev–Trinajstić information content (AvgIpc) is 2.73. The summed E-state index contributed by atoms with van der Waals surface area (Å²) in [6.45, 7) is -0.811. The Morgan fingerprint density at radius 1 is 1.41 bits per heavy atom. The van der Waals surface area contributed by atoms with Gasteiger partial charge in [-0.15, -0.1) is 0 Å². The maximum Gasteiger partial charge on any atom is 0.405 e. The van der Waals surface area contributed by atoms with Gasteiger partial charge in [0.15, 0.2) is 0 Å². The highest BCUT2D eigenvalue weighted by molar-refractivity contribution is 7.07. The van der Waals surface area contributed by atoms with E-state index in [1.54, 1.807) is 16.7 Å². The third-order valence-electron chi connectivity index (χ3n) is 1.94. The largest absolute Gasteiger partial charge is 0.405 e. The molecular weight excluding hydrogens is 253 g/mol. The standard InChI is InChI=1S/C10H13F3N2OS/c11-10(12,13)7-15-9(16)5-14-3-1-8-2-4-17-6-8/h2,4,6,14H,1,3,5,7H2,(H,15,16). The maximum atomic E-state index is 11.8. The van der Waals surface area contributed by atoms with Crippen LogP contribution in [0.15, 0.2) is 16.8 Å². The second-order valence-electron chi connectivity index (χ2n) is 3.45. The highest BCUT2D eigenvalue weighted by Gasteiger charge is 2.27. The average molecular weight is 266 g/mol. The van der Waals surface area contributed by atoms with Gasteiger partial charge in [-0.1, -0.05) is 0 Å². The van der Waals surface area contributed by atoms with E-state index in [0.717, 1.165) is 12.0 Å². The fraction of sp³-hybridized carbons (Fsp3) is 0.500. The quantitative estimate of drug-likeness (QED) is 0.767. The van der Waals surface area contributed by atoms with Gasteiger partial charge in [-0.3, -0.25) is 4.79 Å². The zero-order valence-electron chi connectivity index (χ0n) is 9.01. The van der Waals surface area contributed by atoms with Gasteiger partial charge in [-0.25, -0.2) is 0 Å². The number of nitrogens with one attached hydrogen (secondary N) is 2. The van der Waals surface area contributed by atoms with E-state index in [2.05, 4.69) is 5.32 Å². The molecule has 0 spiro atoms. The van der Waals surface area contributed by atoms with Crippen LogP contribution >= 0.6 is 11.3 Å². The molecule has 1 amide bonds. The number of thiophene rings is 1. The molecule has 3 nitrogen and oxygen atoms in total. The summed E-state index contributed by atoms with van der Waals surface area (Å²) in [6, 6.07) is 1.97. The lowest BCUT2D eigenvalue weighted by atomic mass is 10.2. The van der Waals surface area contributed by atoms with Crippen LogP contribution in [0.25, 0.3) is 0 Å². The van der Waals surface area contributed by atoms with Crippen molar-refractivity contribution in [3.8, 4) is 0 Å². The first-order chi connectivity index (χ1) is 7.97. The third-order valence-corrected chi connectivity index (χ3v) is 2.67. The smallest absolute Gasteiger partial charge is 0.346 e. The predicted molar refractivity (Wildman–Crippen MR) is 60.0 cm³/mol. The second-order valence-corrected chi connectivity index (χ2v) is 4.23. The zero-order chi connectivity index (χ0) is 12.7. The van der Waals surface area contributed by atoms with E-state index >= 15 is 0 Å². The molecule has 0 atom stereocenters. The summed E-state index contributed by atoms with van der Waals surface area (Å²) in [7, 11) is 0. The number of hydrogen-bond donors (Lipinski definition) is 2. The maximum absolute atomic E-state index is 11.8. The molecule has 0 saturated carbocycles. The van der Waals surface area contributed by atoms with Crippen molar-refractivity contribution in [2.45, 2.75) is 12.6 Å². The van der Waals surface area contributed by atoms with Gasteiger partial charge in [0.1, 0.15) is 6.54 Å². The van der Waals surface area contributed by atoms with Crippen LogP contribution in [-0.2, 0) is 11.2 Å². The molecule has 0 aliphatic heterocycles. The molecular formula is C10H13F3N2OS. The summed E-state index contributed by atoms with van der Waals surface area (Å²) in [5.41, 5.74) is 1.15. The molecule has 0 aromatic carbocycles. The molecule has 96 valence electrons. The Bertz CT molecular complexity index is 338. The highest BCUT2D eigenvalue weighted by Crippen LogP contribution is 2.11. The number of rotatable bonds is 6. The predicted octanol–water partition coefficient (Wildman–Crippen LogP) is 1.56. The Balaban J connectivity index is 2.04. The topological polar surface area (TPSA) is 41.1 Å². The van der Waals surface area contributed by atoms with Crippen LogP contribution in [0, 0.1) is 0 Å². The van der Waals surface area contributed by atoms with Crippen LogP contribution < -0.4 is 10.6 Å². The van der Waals surface area contributed by atoms with Crippen molar-refractivity contribution < 1.29 is 18.0 Å². The van der Waals surface area contributed by atoms with E-state index < -0.39 is 18.6 Å². The Morgan fingerprint density at radius 2 is 2.18 bits per heavy atom. The number of carbonyl (C=O) groups excluding carboxylic acids is 1. The van der Waals surface area contributed by atoms with Crippen molar-refractivity contribution in [3.63, 3.8) is 0 Å². The Hall–Kier alpha value is -1.08. The first-order valence-corrected chi connectivity index (χ1v) is 5.97. The minimum absolute atomic E-state index is 0.0970. The van der Waals surface area contributed by atoms with Crippen molar-refractivity contribution in [1.82, 2.24) is 10.6 Å². The lowest BCUT2D eigenvalue weighted by Crippen LogP contribution is -2.39. The molecule has 0 aliphatic carbocycles. The van der Waals surface area contributed by atoms with Crippen LogP contribution in [0.5, 0.6) is 0 Å². The number of carbonyl (C=O) groups is 1. The molecule has 1 rings (SSSR count). The van der Waals surface area contributed by atoms with Gasteiger partial charge in [0, 0.05) is 0 Å². The van der Waals surface area contributed by atoms with Gasteiger partial charge in [0.2, 0.25) is 5.91 Å². The van der Waals surface area contributed by atoms with E-state index in [1.807, 2.05) is 16.8 Å². The SMILES string of the molecule is O=C(CNCCc1ccsc1)NCC(F)(F)F. The number of halogens is 3. The molecule has 0 radical (unpaired) electrons. The minimum Gasteiger partial charge on any atom is -0.346 e. The summed E-state index contributed by atoms with van der Waals surface area (Å²) in [6.07, 6.45) is -3.59. The third kappa shape index (κ3) is 6.96. The lowest BCUT2D eigenvalue weighted by Gasteiger charge is -2.08. The fourth-order valence-electron chi connectivity index (χ4n) is 1.13. The monoisotopic (exact) mass is 266 g/mol. The molecule has 0 unspecified atom stereocenters. The van der Waals surface area contributed by atoms with Gasteiger partial charge in [-0.2, -0.15) is 24.5 Å². The molecule has 0 bridgehead atoms. The molecule has 1 aromatic rings. The van der Waals surface area contributed by atoms with Gasteiger partial charge in [0.05, 0.1) is 6.54 Å². The first kappa shape index (κ1) is 14.0. The van der Waals surface area contributed by atoms with Crippen LogP contribution in [0.2, 0.25) is 0 Å². The summed E-state index contributed by atoms with van der Waals surface area (Å²) in [4.78, 5) is 11.0. The van der Waals surface area contributed by atoms with Gasteiger partial charge in [-0.05, 0) is 35.4 Å². The van der Waals surface area contributed by atoms with Crippen molar-refractivity contribution in [2.24, 2.45) is 0 Å². The van der Waals surface area contributed by atoms with Gasteiger partial charge < -0.3 is 10.6 Å². The normalized spacial score (nSPS) is 11.5. The van der Waals surface area contributed by atoms with Gasteiger partial charge in [0.25, 0.3) is 0 Å². The Labute approximate surface area is 101 Å². The summed E-state index contributed by atoms with van der Waals surface area (Å²) >= 11 is 1.58. The molecule has 17 heavy (non-hydrogen) atoms. The fourth-order valence-corrected chi connectivity index (χ4v) is 1.83. The molecule has 0 saturated heterocycles. The number of amides is 1. The first-order valence-electron chi connectivity index (χ1n) is 5.02. The van der Waals surface area contributed by atoms with E-state index in [1.165, 1.54) is 0 Å². The van der Waals surface area contributed by atoms with E-state index in [-0.39, 0.29) is 6.54 Å². The molecule has 1 heterocycles. The molecule has 2 N–H and O–H groups in total. The molecule has 1 aromatic heterocycles. The second kappa shape index (κ2) is 6.61. The molecule has 0 aliphatic rings. The van der Waals surface area contributed by atoms with E-state index in [0.29, 0.717) is 6.54 Å². The van der Waals surface area contributed by atoms with E-state index in [4.69, 9.17) is 0 Å². The lowest BCUT2D eigenvalue weighted by molar-refractivity contribution is -0.137. The van der Waals surface area contributed by atoms with E-state index in [9.17, 15) is 18.0 Å². The Morgan fingerprint density at radius 3 is 2.76 bits per heavy atom. The van der Waals surface area contributed by atoms with Crippen molar-refractivity contribution in [1.29, 1.82) is 0 Å². The van der Waals surface area contributed by atoms with Gasteiger partial charge >= 0.3 is 6.18 Å². The summed E-state index contributed by atoms with van der Waals surface area (Å²) in [5.74, 6) is -0.646. The van der Waals surface area contributed by atoms with Crippen LogP contribution in [0.1, 0.15) is 5.56 Å². The number of hydrogen-bond acceptors (Lipinski definition) is 3. The highest BCUT2D eigenvalue weighted by atomic mass is 32.1. The van der Waals surface area contributed by atoms with Crippen LogP contribution in [-0.4, -0.2) is 31.7 Å². The van der Waals surface area contributed by atoms with Crippen molar-refractivity contribution >= 4 is 17.2 Å². The zero-order valence-corrected chi connectivity index (χ0v) is 9.83. The Kier molecular flexibility index (Phi) is 5.43. The minimum atomic E-state index is -4.35. The summed E-state index contributed by atoms with van der Waals surface area (Å²) < 4.78 is 35.3. The van der Waals surface area contributed by atoms with Crippen LogP contribution in [0.4, 0.5) is 13.2 Å². The number of alkyl halides is 3. The van der Waals surface area contributed by atoms with Crippen molar-refractivity contribution in [2.75, 3.05) is 19.6 Å². The summed E-state index contributed by atoms with van der Waals surface area (Å²) in [5, 5.41) is 8.52. The molecule has 7 heteroatoms.